The lowest BCUT2D eigenvalue weighted by Crippen LogP contribution is -2.14. The molecule has 3 nitrogen and oxygen atoms in total. The number of benzene rings is 1. The predicted molar refractivity (Wildman–Crippen MR) is 83.6 cm³/mol. The molecule has 0 spiro atoms. The highest BCUT2D eigenvalue weighted by molar-refractivity contribution is 5.21. The number of hydrogen-bond donors (Lipinski definition) is 1. The molecule has 0 fully saturated rings. The predicted octanol–water partition coefficient (Wildman–Crippen LogP) is 3.84. The van der Waals surface area contributed by atoms with Gasteiger partial charge in [-0.15, -0.1) is 0 Å². The molecule has 0 aliphatic rings. The molecule has 1 N–H and O–H groups in total. The summed E-state index contributed by atoms with van der Waals surface area (Å²) in [6, 6.07) is 11.3. The number of nitrogens with zero attached hydrogens (tertiary/aromatic N) is 2. The summed E-state index contributed by atoms with van der Waals surface area (Å²) >= 11 is 0. The molecule has 0 bridgehead atoms. The Labute approximate surface area is 122 Å². The van der Waals surface area contributed by atoms with E-state index >= 15 is 0 Å². The molecule has 0 radical (unpaired) electrons. The molecular formula is C17H25N3. The molecule has 2 rings (SSSR count). The van der Waals surface area contributed by atoms with Crippen molar-refractivity contribution in [1.82, 2.24) is 15.1 Å². The normalized spacial score (nSPS) is 11.2. The molecule has 0 amide bonds. The summed E-state index contributed by atoms with van der Waals surface area (Å²) in [4.78, 5) is 0. The van der Waals surface area contributed by atoms with Crippen LogP contribution in [0, 0.1) is 6.92 Å². The Hall–Kier alpha value is -1.61. The van der Waals surface area contributed by atoms with Gasteiger partial charge in [0.15, 0.2) is 0 Å². The lowest BCUT2D eigenvalue weighted by Gasteiger charge is -2.12. The molecule has 0 atom stereocenters. The minimum Gasteiger partial charge on any atom is -0.307 e. The zero-order valence-corrected chi connectivity index (χ0v) is 12.8. The molecule has 0 saturated heterocycles. The first-order valence-corrected chi connectivity index (χ1v) is 7.53. The third-order valence-electron chi connectivity index (χ3n) is 3.74. The molecule has 0 saturated carbocycles. The van der Waals surface area contributed by atoms with Crippen LogP contribution < -0.4 is 5.32 Å². The molecule has 1 aromatic carbocycles. The molecule has 0 unspecified atom stereocenters. The van der Waals surface area contributed by atoms with Gasteiger partial charge in [-0.05, 0) is 31.4 Å². The Morgan fingerprint density at radius 1 is 1.05 bits per heavy atom. The van der Waals surface area contributed by atoms with Gasteiger partial charge >= 0.3 is 0 Å². The van der Waals surface area contributed by atoms with Crippen LogP contribution in [-0.2, 0) is 13.1 Å². The Kier molecular flexibility index (Phi) is 5.36. The highest BCUT2D eigenvalue weighted by atomic mass is 15.3. The third kappa shape index (κ3) is 3.94. The maximum atomic E-state index is 4.65. The zero-order chi connectivity index (χ0) is 14.4. The molecular weight excluding hydrogens is 246 g/mol. The van der Waals surface area contributed by atoms with E-state index in [9.17, 15) is 0 Å². The van der Waals surface area contributed by atoms with Crippen LogP contribution in [0.3, 0.4) is 0 Å². The zero-order valence-electron chi connectivity index (χ0n) is 12.8. The van der Waals surface area contributed by atoms with E-state index in [1.807, 2.05) is 0 Å². The van der Waals surface area contributed by atoms with E-state index in [1.54, 1.807) is 0 Å². The highest BCUT2D eigenvalue weighted by Crippen LogP contribution is 2.14. The third-order valence-corrected chi connectivity index (χ3v) is 3.74. The fourth-order valence-corrected chi connectivity index (χ4v) is 2.38. The van der Waals surface area contributed by atoms with Crippen molar-refractivity contribution in [3.8, 4) is 0 Å². The minimum absolute atomic E-state index is 0.529. The van der Waals surface area contributed by atoms with Crippen molar-refractivity contribution in [1.29, 1.82) is 0 Å². The van der Waals surface area contributed by atoms with Gasteiger partial charge in [-0.1, -0.05) is 43.7 Å². The van der Waals surface area contributed by atoms with Crippen molar-refractivity contribution < 1.29 is 0 Å². The molecule has 3 heteroatoms. The minimum atomic E-state index is 0.529. The van der Waals surface area contributed by atoms with E-state index in [2.05, 4.69) is 72.4 Å². The van der Waals surface area contributed by atoms with Crippen LogP contribution in [0.15, 0.2) is 36.5 Å². The van der Waals surface area contributed by atoms with E-state index in [1.165, 1.54) is 11.1 Å². The Morgan fingerprint density at radius 2 is 1.75 bits per heavy atom. The van der Waals surface area contributed by atoms with Crippen molar-refractivity contribution in [3.63, 3.8) is 0 Å². The lowest BCUT2D eigenvalue weighted by atomic mass is 10.1. The fraction of sp³-hybridized carbons (Fsp3) is 0.471. The largest absolute Gasteiger partial charge is 0.307 e. The molecule has 1 heterocycles. The summed E-state index contributed by atoms with van der Waals surface area (Å²) in [6.45, 7) is 8.25. The first-order chi connectivity index (χ1) is 9.72. The van der Waals surface area contributed by atoms with Crippen molar-refractivity contribution >= 4 is 0 Å². The van der Waals surface area contributed by atoms with Gasteiger partial charge in [-0.2, -0.15) is 5.10 Å². The van der Waals surface area contributed by atoms with Crippen LogP contribution in [-0.4, -0.2) is 9.78 Å². The first-order valence-electron chi connectivity index (χ1n) is 7.53. The maximum Gasteiger partial charge on any atom is 0.0762 e. The highest BCUT2D eigenvalue weighted by Gasteiger charge is 2.07. The second-order valence-electron chi connectivity index (χ2n) is 5.35. The van der Waals surface area contributed by atoms with Crippen molar-refractivity contribution in [2.24, 2.45) is 0 Å². The van der Waals surface area contributed by atoms with Gasteiger partial charge in [0.2, 0.25) is 0 Å². The maximum absolute atomic E-state index is 4.65. The monoisotopic (exact) mass is 271 g/mol. The summed E-state index contributed by atoms with van der Waals surface area (Å²) in [5.41, 5.74) is 3.73. The van der Waals surface area contributed by atoms with Crippen LogP contribution in [0.1, 0.15) is 49.6 Å². The summed E-state index contributed by atoms with van der Waals surface area (Å²) in [6.07, 6.45) is 4.36. The molecule has 0 aliphatic carbocycles. The van der Waals surface area contributed by atoms with Gasteiger partial charge in [-0.25, -0.2) is 0 Å². The van der Waals surface area contributed by atoms with Crippen LogP contribution >= 0.6 is 0 Å². The molecule has 108 valence electrons. The van der Waals surface area contributed by atoms with Gasteiger partial charge < -0.3 is 5.32 Å². The SMILES string of the molecule is CCC(CC)n1ccc(CNCc2ccc(C)cc2)n1. The first kappa shape index (κ1) is 14.8. The number of nitrogens with one attached hydrogen (secondary N) is 1. The second kappa shape index (κ2) is 7.25. The molecule has 1 aromatic heterocycles. The van der Waals surface area contributed by atoms with Gasteiger partial charge in [0, 0.05) is 19.3 Å². The van der Waals surface area contributed by atoms with Crippen LogP contribution in [0.5, 0.6) is 0 Å². The van der Waals surface area contributed by atoms with Gasteiger partial charge in [0.05, 0.1) is 11.7 Å². The molecule has 2 aromatic rings. The number of aromatic nitrogens is 2. The summed E-state index contributed by atoms with van der Waals surface area (Å²) in [5, 5.41) is 8.10. The topological polar surface area (TPSA) is 29.9 Å². The summed E-state index contributed by atoms with van der Waals surface area (Å²) < 4.78 is 2.10. The smallest absolute Gasteiger partial charge is 0.0762 e. The van der Waals surface area contributed by atoms with Gasteiger partial charge in [-0.3, -0.25) is 4.68 Å². The number of hydrogen-bond acceptors (Lipinski definition) is 2. The standard InChI is InChI=1S/C17H25N3/c1-4-17(5-2)20-11-10-16(19-20)13-18-12-15-8-6-14(3)7-9-15/h6-11,17-18H,4-5,12-13H2,1-3H3. The Balaban J connectivity index is 1.84. The van der Waals surface area contributed by atoms with Crippen LogP contribution in [0.25, 0.3) is 0 Å². The lowest BCUT2D eigenvalue weighted by molar-refractivity contribution is 0.424. The number of aryl methyl sites for hydroxylation is 1. The van der Waals surface area contributed by atoms with Crippen molar-refractivity contribution in [2.75, 3.05) is 0 Å². The average Bonchev–Trinajstić information content (AvgIpc) is 2.91. The fourth-order valence-electron chi connectivity index (χ4n) is 2.38. The van der Waals surface area contributed by atoms with Crippen LogP contribution in [0.2, 0.25) is 0 Å². The van der Waals surface area contributed by atoms with E-state index in [-0.39, 0.29) is 0 Å². The molecule has 0 aliphatic heterocycles. The van der Waals surface area contributed by atoms with Gasteiger partial charge in [0.25, 0.3) is 0 Å². The summed E-state index contributed by atoms with van der Waals surface area (Å²) in [5.74, 6) is 0. The van der Waals surface area contributed by atoms with E-state index in [4.69, 9.17) is 0 Å². The summed E-state index contributed by atoms with van der Waals surface area (Å²) in [7, 11) is 0. The van der Waals surface area contributed by atoms with Crippen LogP contribution in [0.4, 0.5) is 0 Å². The molecule has 20 heavy (non-hydrogen) atoms. The Bertz CT molecular complexity index is 509. The van der Waals surface area contributed by atoms with Gasteiger partial charge in [0.1, 0.15) is 0 Å². The average molecular weight is 271 g/mol. The second-order valence-corrected chi connectivity index (χ2v) is 5.35. The van der Waals surface area contributed by atoms with E-state index in [0.717, 1.165) is 31.6 Å². The van der Waals surface area contributed by atoms with Crippen molar-refractivity contribution in [2.45, 2.75) is 52.7 Å². The van der Waals surface area contributed by atoms with E-state index < -0.39 is 0 Å². The number of rotatable bonds is 7. The van der Waals surface area contributed by atoms with Crippen molar-refractivity contribution in [3.05, 3.63) is 53.3 Å². The van der Waals surface area contributed by atoms with E-state index in [0.29, 0.717) is 6.04 Å². The Morgan fingerprint density at radius 3 is 2.40 bits per heavy atom. The quantitative estimate of drug-likeness (QED) is 0.829.